The lowest BCUT2D eigenvalue weighted by atomic mass is 9.78. The zero-order valence-electron chi connectivity index (χ0n) is 13.0. The highest BCUT2D eigenvalue weighted by atomic mass is 32.1. The fraction of sp³-hybridized carbons (Fsp3) is 0.211. The number of H-pyrrole nitrogens is 1. The molecular weight excluding hydrogens is 322 g/mol. The molecule has 3 aromatic rings. The number of thiazole rings is 1. The van der Waals surface area contributed by atoms with Crippen LogP contribution in [0.3, 0.4) is 0 Å². The van der Waals surface area contributed by atoms with Crippen LogP contribution in [0.1, 0.15) is 27.5 Å². The number of ether oxygens (including phenoxy) is 1. The van der Waals surface area contributed by atoms with Gasteiger partial charge in [0.2, 0.25) is 5.88 Å². The van der Waals surface area contributed by atoms with Gasteiger partial charge in [0.25, 0.3) is 0 Å². The van der Waals surface area contributed by atoms with Crippen LogP contribution in [-0.4, -0.2) is 16.7 Å². The van der Waals surface area contributed by atoms with Crippen LogP contribution in [0, 0.1) is 0 Å². The first-order valence-electron chi connectivity index (χ1n) is 7.89. The van der Waals surface area contributed by atoms with Crippen molar-refractivity contribution < 1.29 is 9.84 Å². The zero-order valence-corrected chi connectivity index (χ0v) is 13.8. The van der Waals surface area contributed by atoms with Gasteiger partial charge in [0, 0.05) is 12.3 Å². The predicted octanol–water partition coefficient (Wildman–Crippen LogP) is 3.45. The minimum absolute atomic E-state index is 0.0334. The first kappa shape index (κ1) is 15.0. The molecule has 1 atom stereocenters. The van der Waals surface area contributed by atoms with E-state index < -0.39 is 0 Å². The summed E-state index contributed by atoms with van der Waals surface area (Å²) in [4.78, 5) is 14.0. The maximum atomic E-state index is 11.2. The second kappa shape index (κ2) is 6.17. The molecule has 0 fully saturated rings. The highest BCUT2D eigenvalue weighted by Crippen LogP contribution is 2.35. The number of aromatic hydroxyl groups is 1. The minimum atomic E-state index is -0.233. The van der Waals surface area contributed by atoms with Gasteiger partial charge in [-0.15, -0.1) is 0 Å². The molecule has 2 aromatic carbocycles. The van der Waals surface area contributed by atoms with Crippen LogP contribution in [0.25, 0.3) is 0 Å². The Balaban J connectivity index is 1.36. The zero-order chi connectivity index (χ0) is 16.5. The minimum Gasteiger partial charge on any atom is -0.494 e. The molecule has 24 heavy (non-hydrogen) atoms. The smallest absolute Gasteiger partial charge is 0.307 e. The SMILES string of the molecule is O=c1[nH]c(O)c(Cc2ccc(OCC3Cc4ccccc43)cc2)s1. The Kier molecular flexibility index (Phi) is 3.86. The third-order valence-electron chi connectivity index (χ3n) is 4.40. The molecule has 4 nitrogen and oxygen atoms in total. The number of aromatic amines is 1. The van der Waals surface area contributed by atoms with Crippen LogP contribution in [0.5, 0.6) is 11.6 Å². The monoisotopic (exact) mass is 339 g/mol. The quantitative estimate of drug-likeness (QED) is 0.748. The number of benzene rings is 2. The van der Waals surface area contributed by atoms with Crippen molar-refractivity contribution in [3.63, 3.8) is 0 Å². The Morgan fingerprint density at radius 2 is 1.96 bits per heavy atom. The summed E-state index contributed by atoms with van der Waals surface area (Å²) in [5.41, 5.74) is 3.85. The number of aromatic nitrogens is 1. The van der Waals surface area contributed by atoms with E-state index in [0.29, 0.717) is 23.8 Å². The van der Waals surface area contributed by atoms with Crippen molar-refractivity contribution >= 4 is 11.3 Å². The normalized spacial score (nSPS) is 15.6. The summed E-state index contributed by atoms with van der Waals surface area (Å²) in [6.07, 6.45) is 1.62. The van der Waals surface area contributed by atoms with Crippen molar-refractivity contribution in [3.8, 4) is 11.6 Å². The number of rotatable bonds is 5. The molecule has 5 heteroatoms. The lowest BCUT2D eigenvalue weighted by molar-refractivity contribution is 0.275. The molecule has 2 N–H and O–H groups in total. The summed E-state index contributed by atoms with van der Waals surface area (Å²) in [5.74, 6) is 1.29. The summed E-state index contributed by atoms with van der Waals surface area (Å²) < 4.78 is 5.90. The summed E-state index contributed by atoms with van der Waals surface area (Å²) in [6.45, 7) is 0.691. The molecule has 1 unspecified atom stereocenters. The van der Waals surface area contributed by atoms with E-state index in [0.717, 1.165) is 29.1 Å². The summed E-state index contributed by atoms with van der Waals surface area (Å²) in [6, 6.07) is 16.3. The van der Waals surface area contributed by atoms with Crippen LogP contribution < -0.4 is 9.61 Å². The van der Waals surface area contributed by atoms with Gasteiger partial charge in [-0.3, -0.25) is 9.78 Å². The van der Waals surface area contributed by atoms with Crippen molar-refractivity contribution in [2.75, 3.05) is 6.61 Å². The average Bonchev–Trinajstić information content (AvgIpc) is 2.87. The second-order valence-corrected chi connectivity index (χ2v) is 7.09. The largest absolute Gasteiger partial charge is 0.494 e. The molecule has 4 rings (SSSR count). The lowest BCUT2D eigenvalue weighted by Crippen LogP contribution is -2.23. The number of nitrogens with one attached hydrogen (secondary N) is 1. The maximum absolute atomic E-state index is 11.2. The van der Waals surface area contributed by atoms with E-state index in [1.165, 1.54) is 11.1 Å². The molecule has 1 aromatic heterocycles. The number of fused-ring (bicyclic) bond motifs is 1. The van der Waals surface area contributed by atoms with Gasteiger partial charge >= 0.3 is 4.87 Å². The van der Waals surface area contributed by atoms with E-state index >= 15 is 0 Å². The Morgan fingerprint density at radius 1 is 1.17 bits per heavy atom. The molecule has 1 aliphatic carbocycles. The fourth-order valence-electron chi connectivity index (χ4n) is 3.07. The first-order valence-corrected chi connectivity index (χ1v) is 8.71. The third-order valence-corrected chi connectivity index (χ3v) is 5.27. The van der Waals surface area contributed by atoms with Gasteiger partial charge in [0.05, 0.1) is 11.5 Å². The number of hydrogen-bond acceptors (Lipinski definition) is 4. The first-order chi connectivity index (χ1) is 11.7. The Hall–Kier alpha value is -2.53. The van der Waals surface area contributed by atoms with Crippen molar-refractivity contribution in [2.45, 2.75) is 18.8 Å². The molecule has 0 amide bonds. The molecule has 0 spiro atoms. The molecule has 0 radical (unpaired) electrons. The van der Waals surface area contributed by atoms with Gasteiger partial charge < -0.3 is 9.84 Å². The van der Waals surface area contributed by atoms with Crippen molar-refractivity contribution in [1.29, 1.82) is 0 Å². The van der Waals surface area contributed by atoms with Crippen molar-refractivity contribution in [3.05, 3.63) is 79.8 Å². The standard InChI is InChI=1S/C19H17NO3S/c21-18-17(24-19(22)20-18)9-12-5-7-15(8-6-12)23-11-14-10-13-3-1-2-4-16(13)14/h1-8,14,21H,9-11H2,(H,20,22). The topological polar surface area (TPSA) is 62.3 Å². The van der Waals surface area contributed by atoms with E-state index in [1.54, 1.807) is 0 Å². The Labute approximate surface area is 143 Å². The molecule has 0 saturated carbocycles. The summed E-state index contributed by atoms with van der Waals surface area (Å²) >= 11 is 1.04. The highest BCUT2D eigenvalue weighted by molar-refractivity contribution is 7.09. The maximum Gasteiger partial charge on any atom is 0.307 e. The molecule has 0 aliphatic heterocycles. The van der Waals surface area contributed by atoms with Crippen LogP contribution in [0.15, 0.2) is 53.3 Å². The van der Waals surface area contributed by atoms with E-state index in [-0.39, 0.29) is 10.8 Å². The predicted molar refractivity (Wildman–Crippen MR) is 94.2 cm³/mol. The van der Waals surface area contributed by atoms with E-state index in [2.05, 4.69) is 29.2 Å². The lowest BCUT2D eigenvalue weighted by Gasteiger charge is -2.29. The van der Waals surface area contributed by atoms with E-state index in [1.807, 2.05) is 24.3 Å². The highest BCUT2D eigenvalue weighted by Gasteiger charge is 2.25. The summed E-state index contributed by atoms with van der Waals surface area (Å²) in [5, 5.41) is 9.64. The van der Waals surface area contributed by atoms with Crippen LogP contribution >= 0.6 is 11.3 Å². The molecule has 1 heterocycles. The number of hydrogen-bond donors (Lipinski definition) is 2. The Bertz CT molecular complexity index is 911. The second-order valence-electron chi connectivity index (χ2n) is 6.02. The third kappa shape index (κ3) is 2.95. The average molecular weight is 339 g/mol. The van der Waals surface area contributed by atoms with Crippen LogP contribution in [0.2, 0.25) is 0 Å². The van der Waals surface area contributed by atoms with Gasteiger partial charge in [0.1, 0.15) is 5.75 Å². The van der Waals surface area contributed by atoms with Gasteiger partial charge in [-0.25, -0.2) is 0 Å². The summed E-state index contributed by atoms with van der Waals surface area (Å²) in [7, 11) is 0. The molecular formula is C19H17NO3S. The van der Waals surface area contributed by atoms with Gasteiger partial charge in [-0.2, -0.15) is 0 Å². The molecule has 1 aliphatic rings. The van der Waals surface area contributed by atoms with E-state index in [4.69, 9.17) is 4.74 Å². The molecule has 122 valence electrons. The van der Waals surface area contributed by atoms with Gasteiger partial charge in [-0.1, -0.05) is 47.7 Å². The fourth-order valence-corrected chi connectivity index (χ4v) is 3.83. The van der Waals surface area contributed by atoms with E-state index in [9.17, 15) is 9.90 Å². The molecule has 0 saturated heterocycles. The molecule has 0 bridgehead atoms. The van der Waals surface area contributed by atoms with Crippen molar-refractivity contribution in [1.82, 2.24) is 4.98 Å². The van der Waals surface area contributed by atoms with Gasteiger partial charge in [-0.05, 0) is 35.2 Å². The van der Waals surface area contributed by atoms with Crippen molar-refractivity contribution in [2.24, 2.45) is 0 Å². The van der Waals surface area contributed by atoms with Crippen LogP contribution in [-0.2, 0) is 12.8 Å². The Morgan fingerprint density at radius 3 is 2.67 bits per heavy atom. The van der Waals surface area contributed by atoms with Crippen LogP contribution in [0.4, 0.5) is 0 Å². The van der Waals surface area contributed by atoms with Gasteiger partial charge in [0.15, 0.2) is 0 Å².